The molecule has 2 fully saturated rings. The van der Waals surface area contributed by atoms with Gasteiger partial charge in [-0.05, 0) is 25.5 Å². The van der Waals surface area contributed by atoms with E-state index in [1.807, 2.05) is 0 Å². The lowest BCUT2D eigenvalue weighted by Crippen LogP contribution is -2.53. The van der Waals surface area contributed by atoms with Gasteiger partial charge in [0.15, 0.2) is 0 Å². The van der Waals surface area contributed by atoms with Crippen LogP contribution in [0, 0.1) is 10.1 Å². The lowest BCUT2D eigenvalue weighted by atomic mass is 10.0. The number of hydrogen-bond donors (Lipinski definition) is 2. The molecule has 170 valence electrons. The second kappa shape index (κ2) is 9.39. The van der Waals surface area contributed by atoms with Crippen molar-refractivity contribution in [2.24, 2.45) is 0 Å². The predicted octanol–water partition coefficient (Wildman–Crippen LogP) is 2.37. The summed E-state index contributed by atoms with van der Waals surface area (Å²) in [5.74, 6) is -2.49. The van der Waals surface area contributed by atoms with Gasteiger partial charge in [-0.15, -0.1) is 0 Å². The maximum absolute atomic E-state index is 13.2. The Labute approximate surface area is 184 Å². The molecule has 3 rings (SSSR count). The van der Waals surface area contributed by atoms with Crippen molar-refractivity contribution < 1.29 is 27.7 Å². The smallest absolute Gasteiger partial charge is 0.375 e. The zero-order valence-corrected chi connectivity index (χ0v) is 18.0. The topological polar surface area (TPSA) is 108 Å². The third-order valence-electron chi connectivity index (χ3n) is 5.25. The number of carbonyl (C=O) groups excluding carboxylic acids is 2. The first-order valence-electron chi connectivity index (χ1n) is 9.68. The van der Waals surface area contributed by atoms with Crippen LogP contribution in [0.4, 0.5) is 24.5 Å². The molecule has 1 atom stereocenters. The maximum Gasteiger partial charge on any atom is 0.471 e. The van der Waals surface area contributed by atoms with E-state index >= 15 is 0 Å². The molecule has 2 aliphatic heterocycles. The van der Waals surface area contributed by atoms with Gasteiger partial charge in [-0.1, -0.05) is 15.9 Å². The first-order chi connectivity index (χ1) is 14.6. The van der Waals surface area contributed by atoms with E-state index in [1.54, 1.807) is 0 Å². The van der Waals surface area contributed by atoms with Crippen LogP contribution in [-0.2, 0) is 4.79 Å². The number of nitrogens with zero attached hydrogens (tertiary/aromatic N) is 3. The third-order valence-corrected chi connectivity index (χ3v) is 5.71. The van der Waals surface area contributed by atoms with Gasteiger partial charge in [0.1, 0.15) is 5.69 Å². The Bertz CT molecular complexity index is 868. The van der Waals surface area contributed by atoms with Crippen LogP contribution in [0.15, 0.2) is 16.6 Å². The maximum atomic E-state index is 13.2. The fourth-order valence-corrected chi connectivity index (χ4v) is 4.14. The van der Waals surface area contributed by atoms with Crippen molar-refractivity contribution in [3.8, 4) is 0 Å². The number of piperidine rings is 1. The van der Waals surface area contributed by atoms with E-state index < -0.39 is 22.9 Å². The fraction of sp³-hybridized carbons (Fsp3) is 0.556. The molecule has 0 aliphatic carbocycles. The highest BCUT2D eigenvalue weighted by molar-refractivity contribution is 9.10. The van der Waals surface area contributed by atoms with Crippen molar-refractivity contribution in [3.63, 3.8) is 0 Å². The fourth-order valence-electron chi connectivity index (χ4n) is 3.70. The molecule has 0 saturated carbocycles. The normalized spacial score (nSPS) is 19.8. The van der Waals surface area contributed by atoms with Gasteiger partial charge < -0.3 is 20.4 Å². The summed E-state index contributed by atoms with van der Waals surface area (Å²) in [5.41, 5.74) is -0.128. The molecule has 1 aromatic rings. The first-order valence-corrected chi connectivity index (χ1v) is 10.5. The Morgan fingerprint density at radius 3 is 2.39 bits per heavy atom. The average Bonchev–Trinajstić information content (AvgIpc) is 2.73. The van der Waals surface area contributed by atoms with Crippen LogP contribution in [0.3, 0.4) is 0 Å². The van der Waals surface area contributed by atoms with Gasteiger partial charge in [0.25, 0.3) is 11.6 Å². The van der Waals surface area contributed by atoms with E-state index in [2.05, 4.69) is 26.6 Å². The largest absolute Gasteiger partial charge is 0.471 e. The molecule has 2 amide bonds. The van der Waals surface area contributed by atoms with E-state index in [0.717, 1.165) is 19.4 Å². The second-order valence-corrected chi connectivity index (χ2v) is 8.29. The highest BCUT2D eigenvalue weighted by Crippen LogP contribution is 2.34. The Morgan fingerprint density at radius 1 is 1.19 bits per heavy atom. The van der Waals surface area contributed by atoms with Crippen LogP contribution in [0.5, 0.6) is 0 Å². The number of benzene rings is 1. The van der Waals surface area contributed by atoms with Crippen LogP contribution in [-0.4, -0.2) is 78.0 Å². The Balaban J connectivity index is 1.83. The highest BCUT2D eigenvalue weighted by Gasteiger charge is 2.43. The standard InChI is InChI=1S/C18H21BrF3N5O4/c19-11-8-13(15(14(9-11)27(30)31)24-12-2-1-3-23-10-12)16(28)25-4-6-26(7-5-25)17(29)18(20,21)22/h8-9,12,23-24H,1-7,10H2/t12-/m1/s1. The molecule has 0 aromatic heterocycles. The summed E-state index contributed by atoms with van der Waals surface area (Å²) in [4.78, 5) is 37.6. The molecule has 9 nitrogen and oxygen atoms in total. The van der Waals surface area contributed by atoms with Gasteiger partial charge in [0.2, 0.25) is 0 Å². The summed E-state index contributed by atoms with van der Waals surface area (Å²) in [6.07, 6.45) is -3.32. The minimum atomic E-state index is -4.97. The summed E-state index contributed by atoms with van der Waals surface area (Å²) in [5, 5.41) is 17.9. The van der Waals surface area contributed by atoms with Gasteiger partial charge in [0, 0.05) is 49.3 Å². The number of rotatable bonds is 4. The van der Waals surface area contributed by atoms with E-state index in [4.69, 9.17) is 0 Å². The van der Waals surface area contributed by atoms with E-state index in [9.17, 15) is 32.9 Å². The number of nitro groups is 1. The average molecular weight is 508 g/mol. The zero-order valence-electron chi connectivity index (χ0n) is 16.4. The molecule has 0 spiro atoms. The molecular formula is C18H21BrF3N5O4. The van der Waals surface area contributed by atoms with Gasteiger partial charge in [-0.3, -0.25) is 19.7 Å². The van der Waals surface area contributed by atoms with Crippen molar-refractivity contribution in [1.29, 1.82) is 0 Å². The summed E-state index contributed by atoms with van der Waals surface area (Å²) >= 11 is 3.19. The third kappa shape index (κ3) is 5.45. The Kier molecular flexibility index (Phi) is 7.04. The molecule has 0 unspecified atom stereocenters. The number of hydrogen-bond acceptors (Lipinski definition) is 6. The van der Waals surface area contributed by atoms with Crippen molar-refractivity contribution in [3.05, 3.63) is 32.3 Å². The molecule has 1 aromatic carbocycles. The number of alkyl halides is 3. The second-order valence-electron chi connectivity index (χ2n) is 7.37. The van der Waals surface area contributed by atoms with Crippen molar-refractivity contribution in [2.45, 2.75) is 25.1 Å². The Hall–Kier alpha value is -2.41. The number of amides is 2. The SMILES string of the molecule is O=C(c1cc(Br)cc([N+](=O)[O-])c1N[C@@H]1CCCNC1)N1CCN(C(=O)C(F)(F)F)CC1. The van der Waals surface area contributed by atoms with Gasteiger partial charge in [-0.2, -0.15) is 13.2 Å². The molecule has 31 heavy (non-hydrogen) atoms. The molecule has 2 saturated heterocycles. The number of piperazine rings is 1. The van der Waals surface area contributed by atoms with Crippen LogP contribution >= 0.6 is 15.9 Å². The molecule has 2 heterocycles. The van der Waals surface area contributed by atoms with Crippen LogP contribution in [0.25, 0.3) is 0 Å². The van der Waals surface area contributed by atoms with Crippen molar-refractivity contribution >= 4 is 39.1 Å². The molecule has 0 bridgehead atoms. The van der Waals surface area contributed by atoms with Crippen molar-refractivity contribution in [1.82, 2.24) is 15.1 Å². The number of anilines is 1. The zero-order chi connectivity index (χ0) is 22.8. The lowest BCUT2D eigenvalue weighted by Gasteiger charge is -2.35. The molecule has 0 radical (unpaired) electrons. The van der Waals surface area contributed by atoms with Crippen LogP contribution in [0.1, 0.15) is 23.2 Å². The van der Waals surface area contributed by atoms with Crippen molar-refractivity contribution in [2.75, 3.05) is 44.6 Å². The predicted molar refractivity (Wildman–Crippen MR) is 109 cm³/mol. The van der Waals surface area contributed by atoms with E-state index in [1.165, 1.54) is 17.0 Å². The monoisotopic (exact) mass is 507 g/mol. The first kappa shape index (κ1) is 23.3. The highest BCUT2D eigenvalue weighted by atomic mass is 79.9. The molecule has 13 heteroatoms. The summed E-state index contributed by atoms with van der Waals surface area (Å²) in [6, 6.07) is 2.65. The summed E-state index contributed by atoms with van der Waals surface area (Å²) in [6.45, 7) is 0.675. The van der Waals surface area contributed by atoms with Crippen LogP contribution < -0.4 is 10.6 Å². The molecule has 2 aliphatic rings. The number of nitro benzene ring substituents is 1. The van der Waals surface area contributed by atoms with E-state index in [-0.39, 0.29) is 49.2 Å². The Morgan fingerprint density at radius 2 is 1.84 bits per heavy atom. The lowest BCUT2D eigenvalue weighted by molar-refractivity contribution is -0.384. The van der Waals surface area contributed by atoms with Gasteiger partial charge in [-0.25, -0.2) is 0 Å². The summed E-state index contributed by atoms with van der Waals surface area (Å²) in [7, 11) is 0. The number of halogens is 4. The minimum Gasteiger partial charge on any atom is -0.375 e. The number of nitrogens with one attached hydrogen (secondary N) is 2. The minimum absolute atomic E-state index is 0.0576. The van der Waals surface area contributed by atoms with Gasteiger partial charge in [0.05, 0.1) is 10.5 Å². The summed E-state index contributed by atoms with van der Waals surface area (Å²) < 4.78 is 38.3. The molecular weight excluding hydrogens is 487 g/mol. The van der Waals surface area contributed by atoms with E-state index in [0.29, 0.717) is 15.9 Å². The van der Waals surface area contributed by atoms with Crippen LogP contribution in [0.2, 0.25) is 0 Å². The van der Waals surface area contributed by atoms with Gasteiger partial charge >= 0.3 is 12.1 Å². The number of carbonyl (C=O) groups is 2. The quantitative estimate of drug-likeness (QED) is 0.478. The molecule has 2 N–H and O–H groups in total.